The van der Waals surface area contributed by atoms with Crippen LogP contribution in [0.2, 0.25) is 5.15 Å². The molecule has 1 aromatic heterocycles. The molecule has 1 saturated heterocycles. The molecule has 5 nitrogen and oxygen atoms in total. The summed E-state index contributed by atoms with van der Waals surface area (Å²) in [4.78, 5) is 11.0. The molecule has 0 atom stereocenters. The van der Waals surface area contributed by atoms with Gasteiger partial charge in [0, 0.05) is 26.3 Å². The number of piperidine rings is 1. The van der Waals surface area contributed by atoms with Crippen molar-refractivity contribution in [2.75, 3.05) is 39.8 Å². The van der Waals surface area contributed by atoms with E-state index >= 15 is 0 Å². The quantitative estimate of drug-likeness (QED) is 0.450. The maximum atomic E-state index is 5.80. The third-order valence-corrected chi connectivity index (χ3v) is 4.75. The highest BCUT2D eigenvalue weighted by Gasteiger charge is 2.18. The fourth-order valence-electron chi connectivity index (χ4n) is 3.07. The van der Waals surface area contributed by atoms with Gasteiger partial charge in [-0.25, -0.2) is 4.98 Å². The lowest BCUT2D eigenvalue weighted by Crippen LogP contribution is -2.43. The van der Waals surface area contributed by atoms with E-state index in [-0.39, 0.29) is 0 Å². The maximum absolute atomic E-state index is 5.80. The zero-order valence-electron chi connectivity index (χ0n) is 14.9. The summed E-state index contributed by atoms with van der Waals surface area (Å²) in [6.07, 6.45) is 6.54. The van der Waals surface area contributed by atoms with Crippen LogP contribution in [0.1, 0.15) is 31.7 Å². The molecule has 0 aliphatic carbocycles. The van der Waals surface area contributed by atoms with Crippen LogP contribution in [-0.2, 0) is 6.42 Å². The molecule has 0 radical (unpaired) electrons. The molecule has 0 amide bonds. The fraction of sp³-hybridized carbons (Fsp3) is 0.667. The van der Waals surface area contributed by atoms with Gasteiger partial charge in [-0.05, 0) is 62.9 Å². The van der Waals surface area contributed by atoms with Crippen LogP contribution in [0.5, 0.6) is 0 Å². The Morgan fingerprint density at radius 3 is 2.75 bits per heavy atom. The van der Waals surface area contributed by atoms with E-state index in [1.54, 1.807) is 0 Å². The summed E-state index contributed by atoms with van der Waals surface area (Å²) < 4.78 is 0. The van der Waals surface area contributed by atoms with E-state index < -0.39 is 0 Å². The second-order valence-electron chi connectivity index (χ2n) is 6.40. The summed E-state index contributed by atoms with van der Waals surface area (Å²) in [5.74, 6) is 1.63. The highest BCUT2D eigenvalue weighted by molar-refractivity contribution is 6.29. The van der Waals surface area contributed by atoms with Gasteiger partial charge in [0.1, 0.15) is 5.15 Å². The first-order valence-electron chi connectivity index (χ1n) is 8.98. The van der Waals surface area contributed by atoms with Gasteiger partial charge in [-0.1, -0.05) is 24.6 Å². The first-order valence-corrected chi connectivity index (χ1v) is 9.36. The number of aliphatic imine (C=N–C) groups is 1. The predicted molar refractivity (Wildman–Crippen MR) is 102 cm³/mol. The van der Waals surface area contributed by atoms with E-state index in [1.165, 1.54) is 44.5 Å². The molecule has 0 saturated carbocycles. The van der Waals surface area contributed by atoms with Crippen molar-refractivity contribution in [3.63, 3.8) is 0 Å². The molecule has 6 heteroatoms. The summed E-state index contributed by atoms with van der Waals surface area (Å²) in [5.41, 5.74) is 1.17. The molecule has 24 heavy (non-hydrogen) atoms. The molecule has 2 heterocycles. The third kappa shape index (κ3) is 6.65. The van der Waals surface area contributed by atoms with Gasteiger partial charge >= 0.3 is 0 Å². The molecule has 1 aliphatic heterocycles. The van der Waals surface area contributed by atoms with E-state index in [9.17, 15) is 0 Å². The minimum Gasteiger partial charge on any atom is -0.356 e. The van der Waals surface area contributed by atoms with Gasteiger partial charge in [0.2, 0.25) is 0 Å². The Kier molecular flexibility index (Phi) is 8.33. The number of nitrogens with zero attached hydrogens (tertiary/aromatic N) is 3. The lowest BCUT2D eigenvalue weighted by molar-refractivity contribution is 0.185. The van der Waals surface area contributed by atoms with Gasteiger partial charge in [0.05, 0.1) is 0 Å². The van der Waals surface area contributed by atoms with Crippen LogP contribution < -0.4 is 10.6 Å². The minimum absolute atomic E-state index is 0.536. The Hall–Kier alpha value is -1.33. The van der Waals surface area contributed by atoms with Crippen molar-refractivity contribution < 1.29 is 0 Å². The summed E-state index contributed by atoms with van der Waals surface area (Å²) in [5, 5.41) is 7.37. The molecule has 0 bridgehead atoms. The van der Waals surface area contributed by atoms with Gasteiger partial charge in [-0.2, -0.15) is 0 Å². The van der Waals surface area contributed by atoms with E-state index in [2.05, 4.69) is 32.4 Å². The van der Waals surface area contributed by atoms with Crippen LogP contribution in [-0.4, -0.2) is 55.6 Å². The van der Waals surface area contributed by atoms with E-state index in [1.807, 2.05) is 25.4 Å². The Labute approximate surface area is 150 Å². The average Bonchev–Trinajstić information content (AvgIpc) is 2.61. The SMILES string of the molecule is CCCN1CCC(CNC(=NC)NCCc2ccc(Cl)nc2)CC1. The summed E-state index contributed by atoms with van der Waals surface area (Å²) in [6, 6.07) is 3.84. The normalized spacial score (nSPS) is 17.0. The molecule has 0 aromatic carbocycles. The topological polar surface area (TPSA) is 52.5 Å². The third-order valence-electron chi connectivity index (χ3n) is 4.52. The second-order valence-corrected chi connectivity index (χ2v) is 6.79. The average molecular weight is 352 g/mol. The number of hydrogen-bond acceptors (Lipinski definition) is 3. The van der Waals surface area contributed by atoms with Crippen molar-refractivity contribution in [3.8, 4) is 0 Å². The molecule has 2 rings (SSSR count). The minimum atomic E-state index is 0.536. The van der Waals surface area contributed by atoms with Gasteiger partial charge in [0.15, 0.2) is 5.96 Å². The van der Waals surface area contributed by atoms with Crippen molar-refractivity contribution in [1.29, 1.82) is 0 Å². The number of likely N-dealkylation sites (tertiary alicyclic amines) is 1. The van der Waals surface area contributed by atoms with Gasteiger partial charge in [-0.3, -0.25) is 4.99 Å². The molecule has 1 fully saturated rings. The molecular weight excluding hydrogens is 322 g/mol. The number of halogens is 1. The monoisotopic (exact) mass is 351 g/mol. The smallest absolute Gasteiger partial charge is 0.190 e. The maximum Gasteiger partial charge on any atom is 0.190 e. The van der Waals surface area contributed by atoms with Crippen LogP contribution in [0.25, 0.3) is 0 Å². The lowest BCUT2D eigenvalue weighted by Gasteiger charge is -2.32. The van der Waals surface area contributed by atoms with Crippen LogP contribution >= 0.6 is 11.6 Å². The number of hydrogen-bond donors (Lipinski definition) is 2. The number of guanidine groups is 1. The Balaban J connectivity index is 1.63. The standard InChI is InChI=1S/C18H30ClN5/c1-3-10-24-11-7-16(8-12-24)14-23-18(20-2)21-9-6-15-4-5-17(19)22-13-15/h4-5,13,16H,3,6-12,14H2,1-2H3,(H2,20,21,23). The Bertz CT molecular complexity index is 495. The van der Waals surface area contributed by atoms with Gasteiger partial charge in [0.25, 0.3) is 0 Å². The van der Waals surface area contributed by atoms with Crippen LogP contribution in [0.3, 0.4) is 0 Å². The van der Waals surface area contributed by atoms with E-state index in [0.29, 0.717) is 5.15 Å². The number of nitrogens with one attached hydrogen (secondary N) is 2. The highest BCUT2D eigenvalue weighted by Crippen LogP contribution is 2.16. The van der Waals surface area contributed by atoms with Crippen molar-refractivity contribution in [2.45, 2.75) is 32.6 Å². The molecular formula is C18H30ClN5. The van der Waals surface area contributed by atoms with Crippen molar-refractivity contribution in [2.24, 2.45) is 10.9 Å². The molecule has 0 unspecified atom stereocenters. The molecule has 1 aromatic rings. The number of rotatable bonds is 7. The largest absolute Gasteiger partial charge is 0.356 e. The molecule has 134 valence electrons. The Morgan fingerprint density at radius 2 is 2.12 bits per heavy atom. The Morgan fingerprint density at radius 1 is 1.33 bits per heavy atom. The van der Waals surface area contributed by atoms with Gasteiger partial charge in [-0.15, -0.1) is 0 Å². The van der Waals surface area contributed by atoms with E-state index in [0.717, 1.165) is 31.4 Å². The number of aromatic nitrogens is 1. The zero-order valence-corrected chi connectivity index (χ0v) is 15.6. The summed E-state index contributed by atoms with van der Waals surface area (Å²) in [7, 11) is 1.82. The molecule has 0 spiro atoms. The summed E-state index contributed by atoms with van der Waals surface area (Å²) in [6.45, 7) is 7.79. The zero-order chi connectivity index (χ0) is 17.2. The summed E-state index contributed by atoms with van der Waals surface area (Å²) >= 11 is 5.80. The van der Waals surface area contributed by atoms with Crippen LogP contribution in [0.15, 0.2) is 23.3 Å². The number of pyridine rings is 1. The van der Waals surface area contributed by atoms with Crippen LogP contribution in [0, 0.1) is 5.92 Å². The predicted octanol–water partition coefficient (Wildman–Crippen LogP) is 2.56. The van der Waals surface area contributed by atoms with E-state index in [4.69, 9.17) is 11.6 Å². The second kappa shape index (κ2) is 10.5. The van der Waals surface area contributed by atoms with Crippen molar-refractivity contribution >= 4 is 17.6 Å². The highest BCUT2D eigenvalue weighted by atomic mass is 35.5. The van der Waals surface area contributed by atoms with Crippen molar-refractivity contribution in [1.82, 2.24) is 20.5 Å². The van der Waals surface area contributed by atoms with Crippen molar-refractivity contribution in [3.05, 3.63) is 29.0 Å². The fourth-order valence-corrected chi connectivity index (χ4v) is 3.18. The van der Waals surface area contributed by atoms with Crippen LogP contribution in [0.4, 0.5) is 0 Å². The van der Waals surface area contributed by atoms with Gasteiger partial charge < -0.3 is 15.5 Å². The lowest BCUT2D eigenvalue weighted by atomic mass is 9.97. The first kappa shape index (κ1) is 19.0. The first-order chi connectivity index (χ1) is 11.7. The molecule has 1 aliphatic rings. The molecule has 2 N–H and O–H groups in total.